The van der Waals surface area contributed by atoms with Gasteiger partial charge >= 0.3 is 0 Å². The van der Waals surface area contributed by atoms with Gasteiger partial charge in [-0.1, -0.05) is 29.8 Å². The molecule has 0 aromatic heterocycles. The molecule has 0 atom stereocenters. The molecule has 0 radical (unpaired) electrons. The Balaban J connectivity index is 1.67. The molecule has 0 bridgehead atoms. The number of para-hydroxylation sites is 1. The standard InChI is InChI=1S/C20H15ClF2N2O3S2/c21-16-6-1-2-7-18(16)25-30(27,28)15-5-3-4-14(11-15)24-20(26)12-29-19-9-8-13(22)10-17(19)23/h1-11,25H,12H2,(H,24,26). The van der Waals surface area contributed by atoms with E-state index in [0.717, 1.165) is 23.9 Å². The third kappa shape index (κ3) is 5.71. The Morgan fingerprint density at radius 1 is 1.00 bits per heavy atom. The van der Waals surface area contributed by atoms with Crippen LogP contribution in [0.4, 0.5) is 20.2 Å². The van der Waals surface area contributed by atoms with Crippen LogP contribution in [0.15, 0.2) is 76.5 Å². The summed E-state index contributed by atoms with van der Waals surface area (Å²) in [6.07, 6.45) is 0. The largest absolute Gasteiger partial charge is 0.325 e. The lowest BCUT2D eigenvalue weighted by atomic mass is 10.3. The Bertz CT molecular complexity index is 1190. The first-order valence-corrected chi connectivity index (χ1v) is 11.3. The summed E-state index contributed by atoms with van der Waals surface area (Å²) in [5.41, 5.74) is 0.480. The van der Waals surface area contributed by atoms with Gasteiger partial charge in [-0.15, -0.1) is 11.8 Å². The first-order chi connectivity index (χ1) is 14.2. The summed E-state index contributed by atoms with van der Waals surface area (Å²) in [6, 6.07) is 15.1. The summed E-state index contributed by atoms with van der Waals surface area (Å²) in [5, 5.41) is 2.80. The Morgan fingerprint density at radius 3 is 2.50 bits per heavy atom. The number of halogens is 3. The molecule has 0 aliphatic rings. The van der Waals surface area contributed by atoms with E-state index in [1.54, 1.807) is 18.2 Å². The van der Waals surface area contributed by atoms with Crippen LogP contribution in [0.2, 0.25) is 5.02 Å². The zero-order chi connectivity index (χ0) is 21.7. The van der Waals surface area contributed by atoms with Gasteiger partial charge < -0.3 is 5.32 Å². The van der Waals surface area contributed by atoms with Crippen LogP contribution < -0.4 is 10.0 Å². The highest BCUT2D eigenvalue weighted by molar-refractivity contribution is 8.00. The maximum absolute atomic E-state index is 13.6. The van der Waals surface area contributed by atoms with E-state index >= 15 is 0 Å². The van der Waals surface area contributed by atoms with Gasteiger partial charge in [-0.3, -0.25) is 9.52 Å². The molecular formula is C20H15ClF2N2O3S2. The Hall–Kier alpha value is -2.62. The van der Waals surface area contributed by atoms with Gasteiger partial charge in [-0.05, 0) is 42.5 Å². The van der Waals surface area contributed by atoms with Crippen molar-refractivity contribution in [1.29, 1.82) is 0 Å². The fourth-order valence-corrected chi connectivity index (χ4v) is 4.51. The van der Waals surface area contributed by atoms with E-state index in [9.17, 15) is 22.0 Å². The highest BCUT2D eigenvalue weighted by Crippen LogP contribution is 2.26. The SMILES string of the molecule is O=C(CSc1ccc(F)cc1F)Nc1cccc(S(=O)(=O)Nc2ccccc2Cl)c1. The predicted molar refractivity (Wildman–Crippen MR) is 114 cm³/mol. The van der Waals surface area contributed by atoms with Gasteiger partial charge in [0.2, 0.25) is 5.91 Å². The van der Waals surface area contributed by atoms with Crippen molar-refractivity contribution in [2.75, 3.05) is 15.8 Å². The van der Waals surface area contributed by atoms with E-state index in [1.165, 1.54) is 36.4 Å². The third-order valence-electron chi connectivity index (χ3n) is 3.80. The smallest absolute Gasteiger partial charge is 0.262 e. The molecule has 3 aromatic carbocycles. The number of hydrogen-bond acceptors (Lipinski definition) is 4. The van der Waals surface area contributed by atoms with Crippen molar-refractivity contribution in [2.24, 2.45) is 0 Å². The first kappa shape index (κ1) is 22.1. The molecule has 0 unspecified atom stereocenters. The quantitative estimate of drug-likeness (QED) is 0.470. The van der Waals surface area contributed by atoms with Gasteiger partial charge in [0, 0.05) is 16.6 Å². The zero-order valence-corrected chi connectivity index (χ0v) is 17.6. The molecule has 0 saturated carbocycles. The fraction of sp³-hybridized carbons (Fsp3) is 0.0500. The summed E-state index contributed by atoms with van der Waals surface area (Å²) in [6.45, 7) is 0. The highest BCUT2D eigenvalue weighted by atomic mass is 35.5. The van der Waals surface area contributed by atoms with E-state index in [2.05, 4.69) is 10.0 Å². The van der Waals surface area contributed by atoms with Crippen LogP contribution in [0.5, 0.6) is 0 Å². The molecule has 156 valence electrons. The van der Waals surface area contributed by atoms with Gasteiger partial charge in [0.05, 0.1) is 21.4 Å². The van der Waals surface area contributed by atoms with E-state index in [0.29, 0.717) is 0 Å². The number of amides is 1. The molecule has 0 fully saturated rings. The molecule has 1 amide bonds. The van der Waals surface area contributed by atoms with E-state index in [-0.39, 0.29) is 31.9 Å². The maximum Gasteiger partial charge on any atom is 0.262 e. The van der Waals surface area contributed by atoms with Gasteiger partial charge in [-0.2, -0.15) is 0 Å². The molecule has 2 N–H and O–H groups in total. The number of sulfonamides is 1. The van der Waals surface area contributed by atoms with Gasteiger partial charge in [-0.25, -0.2) is 17.2 Å². The lowest BCUT2D eigenvalue weighted by molar-refractivity contribution is -0.113. The van der Waals surface area contributed by atoms with Gasteiger partial charge in [0.1, 0.15) is 11.6 Å². The van der Waals surface area contributed by atoms with Crippen LogP contribution in [0.3, 0.4) is 0 Å². The van der Waals surface area contributed by atoms with Crippen molar-refractivity contribution in [1.82, 2.24) is 0 Å². The van der Waals surface area contributed by atoms with Crippen molar-refractivity contribution in [3.8, 4) is 0 Å². The number of nitrogens with one attached hydrogen (secondary N) is 2. The van der Waals surface area contributed by atoms with Crippen molar-refractivity contribution in [2.45, 2.75) is 9.79 Å². The minimum Gasteiger partial charge on any atom is -0.325 e. The molecule has 0 heterocycles. The molecule has 3 rings (SSSR count). The summed E-state index contributed by atoms with van der Waals surface area (Å²) in [7, 11) is -3.94. The lowest BCUT2D eigenvalue weighted by Gasteiger charge is -2.11. The fourth-order valence-electron chi connectivity index (χ4n) is 2.42. The average Bonchev–Trinajstić information content (AvgIpc) is 2.69. The normalized spacial score (nSPS) is 11.2. The molecule has 3 aromatic rings. The number of hydrogen-bond donors (Lipinski definition) is 2. The molecular weight excluding hydrogens is 454 g/mol. The second-order valence-electron chi connectivity index (χ2n) is 6.02. The summed E-state index contributed by atoms with van der Waals surface area (Å²) in [5.74, 6) is -2.08. The van der Waals surface area contributed by atoms with Crippen molar-refractivity contribution < 1.29 is 22.0 Å². The highest BCUT2D eigenvalue weighted by Gasteiger charge is 2.17. The van der Waals surface area contributed by atoms with E-state index in [4.69, 9.17) is 11.6 Å². The minimum atomic E-state index is -3.94. The van der Waals surface area contributed by atoms with Crippen LogP contribution in [-0.2, 0) is 14.8 Å². The van der Waals surface area contributed by atoms with E-state index < -0.39 is 27.6 Å². The van der Waals surface area contributed by atoms with Crippen LogP contribution in [0.1, 0.15) is 0 Å². The topological polar surface area (TPSA) is 75.3 Å². The summed E-state index contributed by atoms with van der Waals surface area (Å²) >= 11 is 6.89. The van der Waals surface area contributed by atoms with E-state index in [1.807, 2.05) is 0 Å². The Morgan fingerprint density at radius 2 is 1.77 bits per heavy atom. The number of rotatable bonds is 7. The van der Waals surface area contributed by atoms with Gasteiger partial charge in [0.15, 0.2) is 0 Å². The number of anilines is 2. The third-order valence-corrected chi connectivity index (χ3v) is 6.54. The zero-order valence-electron chi connectivity index (χ0n) is 15.2. The maximum atomic E-state index is 13.6. The predicted octanol–water partition coefficient (Wildman–Crippen LogP) is 5.15. The number of thioether (sulfide) groups is 1. The molecule has 5 nitrogen and oxygen atoms in total. The lowest BCUT2D eigenvalue weighted by Crippen LogP contribution is -2.16. The van der Waals surface area contributed by atoms with Crippen LogP contribution in [-0.4, -0.2) is 20.1 Å². The second-order valence-corrected chi connectivity index (χ2v) is 9.13. The van der Waals surface area contributed by atoms with Crippen LogP contribution >= 0.6 is 23.4 Å². The number of carbonyl (C=O) groups excluding carboxylic acids is 1. The molecule has 0 saturated heterocycles. The van der Waals surface area contributed by atoms with Crippen LogP contribution in [0, 0.1) is 11.6 Å². The number of carbonyl (C=O) groups is 1. The Labute approximate surface area is 181 Å². The monoisotopic (exact) mass is 468 g/mol. The Kier molecular flexibility index (Phi) is 6.96. The summed E-state index contributed by atoms with van der Waals surface area (Å²) < 4.78 is 54.2. The number of benzene rings is 3. The first-order valence-electron chi connectivity index (χ1n) is 8.50. The molecule has 0 spiro atoms. The molecule has 10 heteroatoms. The minimum absolute atomic E-state index is 0.0718. The van der Waals surface area contributed by atoms with Gasteiger partial charge in [0.25, 0.3) is 10.0 Å². The van der Waals surface area contributed by atoms with Crippen LogP contribution in [0.25, 0.3) is 0 Å². The molecule has 0 aliphatic carbocycles. The molecule has 30 heavy (non-hydrogen) atoms. The molecule has 0 aliphatic heterocycles. The van der Waals surface area contributed by atoms with Crippen molar-refractivity contribution in [3.05, 3.63) is 83.4 Å². The van der Waals surface area contributed by atoms with Crippen molar-refractivity contribution in [3.63, 3.8) is 0 Å². The van der Waals surface area contributed by atoms with Crippen molar-refractivity contribution >= 4 is 50.7 Å². The second kappa shape index (κ2) is 9.46. The summed E-state index contributed by atoms with van der Waals surface area (Å²) in [4.78, 5) is 12.2. The average molecular weight is 469 g/mol.